The quantitative estimate of drug-likeness (QED) is 0.630. The molecule has 2 aliphatic rings. The maximum absolute atomic E-state index is 12.8. The molecular weight excluding hydrogens is 467 g/mol. The minimum atomic E-state index is -0.365. The van der Waals surface area contributed by atoms with E-state index in [0.717, 1.165) is 37.8 Å². The molecule has 1 unspecified atom stereocenters. The number of benzene rings is 2. The maximum Gasteiger partial charge on any atom is 0.264 e. The predicted molar refractivity (Wildman–Crippen MR) is 130 cm³/mol. The lowest BCUT2D eigenvalue weighted by Crippen LogP contribution is -2.38. The number of aliphatic imine (C=N–C) groups is 1. The molecule has 2 aromatic rings. The molecule has 0 spiro atoms. The first-order chi connectivity index (χ1) is 15.4. The van der Waals surface area contributed by atoms with E-state index in [1.165, 1.54) is 11.6 Å². The van der Waals surface area contributed by atoms with E-state index in [0.29, 0.717) is 25.8 Å². The van der Waals surface area contributed by atoms with Crippen molar-refractivity contribution >= 4 is 57.6 Å². The molecule has 2 aliphatic heterocycles. The molecule has 0 radical (unpaired) electrons. The van der Waals surface area contributed by atoms with Crippen LogP contribution in [-0.4, -0.2) is 53.0 Å². The van der Waals surface area contributed by atoms with Gasteiger partial charge in [0.25, 0.3) is 5.91 Å². The van der Waals surface area contributed by atoms with Gasteiger partial charge in [0.2, 0.25) is 5.91 Å². The van der Waals surface area contributed by atoms with E-state index >= 15 is 0 Å². The van der Waals surface area contributed by atoms with Crippen molar-refractivity contribution in [3.8, 4) is 0 Å². The summed E-state index contributed by atoms with van der Waals surface area (Å²) in [5.41, 5.74) is 1.64. The number of amides is 2. The van der Waals surface area contributed by atoms with Crippen LogP contribution < -0.4 is 5.32 Å². The molecule has 2 aromatic carbocycles. The van der Waals surface area contributed by atoms with Crippen LogP contribution in [-0.2, 0) is 16.1 Å². The van der Waals surface area contributed by atoms with Gasteiger partial charge in [-0.1, -0.05) is 59.6 Å². The molecule has 2 fully saturated rings. The first kappa shape index (κ1) is 22.9. The van der Waals surface area contributed by atoms with Crippen LogP contribution >= 0.6 is 35.0 Å². The molecular formula is C23H22Cl2N4O2S. The predicted octanol–water partition coefficient (Wildman–Crippen LogP) is 4.46. The van der Waals surface area contributed by atoms with Gasteiger partial charge in [0.15, 0.2) is 5.17 Å². The molecule has 1 atom stereocenters. The van der Waals surface area contributed by atoms with Gasteiger partial charge in [-0.05, 0) is 35.9 Å². The molecule has 166 valence electrons. The van der Waals surface area contributed by atoms with Crippen LogP contribution in [0.25, 0.3) is 0 Å². The number of para-hydroxylation sites is 1. The highest BCUT2D eigenvalue weighted by Crippen LogP contribution is 2.35. The Morgan fingerprint density at radius 3 is 2.66 bits per heavy atom. The molecule has 0 bridgehead atoms. The van der Waals surface area contributed by atoms with Crippen molar-refractivity contribution in [2.75, 3.05) is 20.1 Å². The average molecular weight is 489 g/mol. The summed E-state index contributed by atoms with van der Waals surface area (Å²) in [5.74, 6) is -0.568. The van der Waals surface area contributed by atoms with Crippen LogP contribution in [0.2, 0.25) is 10.0 Å². The molecule has 9 heteroatoms. The lowest BCUT2D eigenvalue weighted by Gasteiger charge is -2.24. The fourth-order valence-electron chi connectivity index (χ4n) is 3.69. The van der Waals surface area contributed by atoms with Gasteiger partial charge in [-0.15, -0.1) is 0 Å². The number of halogens is 2. The zero-order chi connectivity index (χ0) is 22.7. The monoisotopic (exact) mass is 488 g/mol. The van der Waals surface area contributed by atoms with Crippen molar-refractivity contribution in [2.45, 2.75) is 19.0 Å². The van der Waals surface area contributed by atoms with E-state index in [1.807, 2.05) is 18.2 Å². The van der Waals surface area contributed by atoms with Crippen LogP contribution in [0.3, 0.4) is 0 Å². The maximum atomic E-state index is 12.8. The van der Waals surface area contributed by atoms with Gasteiger partial charge >= 0.3 is 0 Å². The summed E-state index contributed by atoms with van der Waals surface area (Å²) in [5, 5.41) is 3.77. The third-order valence-corrected chi connectivity index (χ3v) is 6.97. The molecule has 0 aliphatic carbocycles. The number of carbonyl (C=O) groups excluding carboxylic acids is 2. The first-order valence-corrected chi connectivity index (χ1v) is 11.7. The molecule has 0 saturated carbocycles. The standard InChI is InChI=1S/C23H22Cl2N4O2S/c1-28(16-10-11-29(14-16)13-15-6-3-2-4-7-15)20(30)12-19-22(31)27-23(32-19)26-21-17(24)8-5-9-18(21)25/h2-9,12,16H,10-11,13-14H2,1H3,(H,26,27,31). The Balaban J connectivity index is 1.39. The molecule has 2 saturated heterocycles. The number of nitrogens with zero attached hydrogens (tertiary/aromatic N) is 3. The lowest BCUT2D eigenvalue weighted by atomic mass is 10.2. The highest BCUT2D eigenvalue weighted by molar-refractivity contribution is 8.18. The van der Waals surface area contributed by atoms with Crippen molar-refractivity contribution in [3.63, 3.8) is 0 Å². The Labute approximate surface area is 201 Å². The van der Waals surface area contributed by atoms with Crippen molar-refractivity contribution in [3.05, 3.63) is 75.1 Å². The van der Waals surface area contributed by atoms with Crippen LogP contribution in [0.4, 0.5) is 5.69 Å². The Bertz CT molecular complexity index is 1070. The number of likely N-dealkylation sites (tertiary alicyclic amines) is 1. The SMILES string of the molecule is CN(C(=O)C=C1SC(=Nc2c(Cl)cccc2Cl)NC1=O)C1CCN(Cc2ccccc2)C1. The highest BCUT2D eigenvalue weighted by Gasteiger charge is 2.30. The van der Waals surface area contributed by atoms with Crippen molar-refractivity contribution in [2.24, 2.45) is 4.99 Å². The summed E-state index contributed by atoms with van der Waals surface area (Å²) in [7, 11) is 1.78. The highest BCUT2D eigenvalue weighted by atomic mass is 35.5. The molecule has 1 N–H and O–H groups in total. The van der Waals surface area contributed by atoms with Crippen LogP contribution in [0.5, 0.6) is 0 Å². The Morgan fingerprint density at radius 1 is 1.22 bits per heavy atom. The summed E-state index contributed by atoms with van der Waals surface area (Å²) in [6, 6.07) is 15.5. The second kappa shape index (κ2) is 10.1. The van der Waals surface area contributed by atoms with E-state index in [9.17, 15) is 9.59 Å². The molecule has 4 rings (SSSR count). The molecule has 32 heavy (non-hydrogen) atoms. The largest absolute Gasteiger partial charge is 0.338 e. The van der Waals surface area contributed by atoms with Crippen LogP contribution in [0.1, 0.15) is 12.0 Å². The van der Waals surface area contributed by atoms with Crippen LogP contribution in [0.15, 0.2) is 64.5 Å². The van der Waals surface area contributed by atoms with E-state index in [1.54, 1.807) is 30.1 Å². The van der Waals surface area contributed by atoms with E-state index in [4.69, 9.17) is 23.2 Å². The molecule has 2 heterocycles. The smallest absolute Gasteiger partial charge is 0.264 e. The summed E-state index contributed by atoms with van der Waals surface area (Å²) in [6.07, 6.45) is 2.27. The van der Waals surface area contributed by atoms with Gasteiger partial charge in [-0.3, -0.25) is 14.5 Å². The lowest BCUT2D eigenvalue weighted by molar-refractivity contribution is -0.127. The Hall–Kier alpha value is -2.32. The first-order valence-electron chi connectivity index (χ1n) is 10.2. The fourth-order valence-corrected chi connectivity index (χ4v) is 4.96. The fraction of sp³-hybridized carbons (Fsp3) is 0.261. The minimum Gasteiger partial charge on any atom is -0.338 e. The number of carbonyl (C=O) groups is 2. The van der Waals surface area contributed by atoms with Crippen molar-refractivity contribution in [1.29, 1.82) is 0 Å². The number of hydrogen-bond donors (Lipinski definition) is 1. The summed E-state index contributed by atoms with van der Waals surface area (Å²) in [6.45, 7) is 2.60. The summed E-state index contributed by atoms with van der Waals surface area (Å²) < 4.78 is 0. The van der Waals surface area contributed by atoms with E-state index in [-0.39, 0.29) is 17.9 Å². The van der Waals surface area contributed by atoms with Crippen molar-refractivity contribution < 1.29 is 9.59 Å². The Morgan fingerprint density at radius 2 is 1.94 bits per heavy atom. The summed E-state index contributed by atoms with van der Waals surface area (Å²) >= 11 is 13.4. The average Bonchev–Trinajstić information content (AvgIpc) is 3.37. The normalized spacial score (nSPS) is 21.3. The van der Waals surface area contributed by atoms with Gasteiger partial charge < -0.3 is 10.2 Å². The van der Waals surface area contributed by atoms with Gasteiger partial charge in [-0.2, -0.15) is 0 Å². The van der Waals surface area contributed by atoms with Crippen LogP contribution in [0, 0.1) is 0 Å². The second-order valence-corrected chi connectivity index (χ2v) is 9.51. The molecule has 0 aromatic heterocycles. The third-order valence-electron chi connectivity index (χ3n) is 5.45. The number of nitrogens with one attached hydrogen (secondary N) is 1. The van der Waals surface area contributed by atoms with E-state index < -0.39 is 0 Å². The number of thioether (sulfide) groups is 1. The zero-order valence-electron chi connectivity index (χ0n) is 17.4. The zero-order valence-corrected chi connectivity index (χ0v) is 19.8. The van der Waals surface area contributed by atoms with Gasteiger partial charge in [-0.25, -0.2) is 4.99 Å². The topological polar surface area (TPSA) is 65.0 Å². The number of amidine groups is 1. The van der Waals surface area contributed by atoms with Gasteiger partial charge in [0, 0.05) is 38.8 Å². The molecule has 6 nitrogen and oxygen atoms in total. The number of likely N-dealkylation sites (N-methyl/N-ethyl adjacent to an activating group) is 1. The number of hydrogen-bond acceptors (Lipinski definition) is 5. The minimum absolute atomic E-state index is 0.104. The molecule has 2 amide bonds. The summed E-state index contributed by atoms with van der Waals surface area (Å²) in [4.78, 5) is 33.9. The van der Waals surface area contributed by atoms with E-state index in [2.05, 4.69) is 27.3 Å². The second-order valence-electron chi connectivity index (χ2n) is 7.66. The third kappa shape index (κ3) is 5.35. The Kier molecular flexibility index (Phi) is 7.20. The van der Waals surface area contributed by atoms with Gasteiger partial charge in [0.05, 0.1) is 15.0 Å². The number of rotatable bonds is 5. The van der Waals surface area contributed by atoms with Crippen molar-refractivity contribution in [1.82, 2.24) is 15.1 Å². The van der Waals surface area contributed by atoms with Gasteiger partial charge in [0.1, 0.15) is 5.69 Å².